The number of nitrogens with two attached hydrogens (primary N) is 1. The smallest absolute Gasteiger partial charge is 0.128 e. The molecule has 1 aliphatic rings. The van der Waals surface area contributed by atoms with E-state index in [1.54, 1.807) is 0 Å². The van der Waals surface area contributed by atoms with Crippen molar-refractivity contribution in [1.82, 2.24) is 5.43 Å². The van der Waals surface area contributed by atoms with Crippen molar-refractivity contribution in [2.75, 3.05) is 0 Å². The first kappa shape index (κ1) is 14.4. The number of nitrogens with one attached hydrogen (secondary N) is 1. The maximum absolute atomic E-state index is 13.8. The molecule has 1 atom stereocenters. The lowest BCUT2D eigenvalue weighted by Gasteiger charge is -2.33. The standard InChI is InChI=1S/C15H22F2N2/c1-2-10-3-5-11(6-4-10)15(19-18)13-9-12(16)7-8-14(13)17/h7-11,15,19H,2-6,18H2,1H3. The van der Waals surface area contributed by atoms with E-state index in [0.29, 0.717) is 5.56 Å². The molecule has 106 valence electrons. The van der Waals surface area contributed by atoms with Crippen LogP contribution in [0.25, 0.3) is 0 Å². The molecule has 4 heteroatoms. The van der Waals surface area contributed by atoms with Gasteiger partial charge in [0.25, 0.3) is 0 Å². The molecule has 0 aliphatic heterocycles. The summed E-state index contributed by atoms with van der Waals surface area (Å²) in [5.74, 6) is 5.83. The summed E-state index contributed by atoms with van der Waals surface area (Å²) in [7, 11) is 0. The molecule has 1 aromatic rings. The molecule has 1 aromatic carbocycles. The topological polar surface area (TPSA) is 38.0 Å². The van der Waals surface area contributed by atoms with Gasteiger partial charge >= 0.3 is 0 Å². The minimum Gasteiger partial charge on any atom is -0.271 e. The van der Waals surface area contributed by atoms with Gasteiger partial charge in [0.15, 0.2) is 0 Å². The molecule has 0 radical (unpaired) electrons. The van der Waals surface area contributed by atoms with E-state index in [1.165, 1.54) is 18.6 Å². The molecule has 0 aromatic heterocycles. The summed E-state index contributed by atoms with van der Waals surface area (Å²) in [6, 6.07) is 3.27. The zero-order valence-corrected chi connectivity index (χ0v) is 11.3. The molecule has 1 saturated carbocycles. The van der Waals surface area contributed by atoms with Crippen molar-refractivity contribution < 1.29 is 8.78 Å². The predicted octanol–water partition coefficient (Wildman–Crippen LogP) is 3.69. The van der Waals surface area contributed by atoms with Crippen molar-refractivity contribution in [3.63, 3.8) is 0 Å². The van der Waals surface area contributed by atoms with Crippen LogP contribution in [0, 0.1) is 23.5 Å². The van der Waals surface area contributed by atoms with Gasteiger partial charge in [-0.05, 0) is 42.9 Å². The SMILES string of the molecule is CCC1CCC(C(NN)c2cc(F)ccc2F)CC1. The molecule has 1 fully saturated rings. The van der Waals surface area contributed by atoms with E-state index < -0.39 is 5.82 Å². The van der Waals surface area contributed by atoms with E-state index in [-0.39, 0.29) is 17.8 Å². The summed E-state index contributed by atoms with van der Waals surface area (Å²) in [5.41, 5.74) is 3.03. The highest BCUT2D eigenvalue weighted by Crippen LogP contribution is 2.38. The fraction of sp³-hybridized carbons (Fsp3) is 0.600. The Labute approximate surface area is 113 Å². The molecule has 1 unspecified atom stereocenters. The Hall–Kier alpha value is -1.00. The third-order valence-electron chi connectivity index (χ3n) is 4.41. The maximum atomic E-state index is 13.8. The molecule has 0 heterocycles. The van der Waals surface area contributed by atoms with Crippen LogP contribution in [-0.2, 0) is 0 Å². The lowest BCUT2D eigenvalue weighted by Crippen LogP contribution is -2.36. The van der Waals surface area contributed by atoms with Crippen LogP contribution in [0.1, 0.15) is 50.6 Å². The Bertz CT molecular complexity index is 415. The van der Waals surface area contributed by atoms with E-state index in [1.807, 2.05) is 0 Å². The zero-order valence-electron chi connectivity index (χ0n) is 11.3. The Morgan fingerprint density at radius 3 is 2.53 bits per heavy atom. The first-order valence-electron chi connectivity index (χ1n) is 7.06. The molecule has 1 aliphatic carbocycles. The van der Waals surface area contributed by atoms with E-state index in [0.717, 1.165) is 37.7 Å². The van der Waals surface area contributed by atoms with Gasteiger partial charge in [-0.3, -0.25) is 11.3 Å². The van der Waals surface area contributed by atoms with Gasteiger partial charge < -0.3 is 0 Å². The summed E-state index contributed by atoms with van der Waals surface area (Å²) in [4.78, 5) is 0. The minimum absolute atomic E-state index is 0.282. The normalized spacial score (nSPS) is 25.3. The Kier molecular flexibility index (Phi) is 4.88. The van der Waals surface area contributed by atoms with Gasteiger partial charge in [0.05, 0.1) is 6.04 Å². The van der Waals surface area contributed by atoms with Gasteiger partial charge in [0.2, 0.25) is 0 Å². The van der Waals surface area contributed by atoms with Crippen LogP contribution in [0.15, 0.2) is 18.2 Å². The van der Waals surface area contributed by atoms with Gasteiger partial charge in [-0.25, -0.2) is 8.78 Å². The summed E-state index contributed by atoms with van der Waals surface area (Å²) < 4.78 is 27.1. The van der Waals surface area contributed by atoms with Crippen LogP contribution >= 0.6 is 0 Å². The van der Waals surface area contributed by atoms with E-state index in [2.05, 4.69) is 12.3 Å². The Morgan fingerprint density at radius 2 is 1.95 bits per heavy atom. The summed E-state index contributed by atoms with van der Waals surface area (Å²) >= 11 is 0. The zero-order chi connectivity index (χ0) is 13.8. The molecule has 2 nitrogen and oxygen atoms in total. The van der Waals surface area contributed by atoms with Gasteiger partial charge in [-0.15, -0.1) is 0 Å². The van der Waals surface area contributed by atoms with Crippen molar-refractivity contribution in [3.05, 3.63) is 35.4 Å². The van der Waals surface area contributed by atoms with Crippen molar-refractivity contribution in [2.24, 2.45) is 17.7 Å². The first-order valence-corrected chi connectivity index (χ1v) is 7.06. The van der Waals surface area contributed by atoms with Gasteiger partial charge in [0, 0.05) is 5.56 Å². The monoisotopic (exact) mass is 268 g/mol. The second kappa shape index (κ2) is 6.44. The van der Waals surface area contributed by atoms with E-state index in [9.17, 15) is 8.78 Å². The van der Waals surface area contributed by atoms with Crippen LogP contribution in [0.4, 0.5) is 8.78 Å². The second-order valence-electron chi connectivity index (χ2n) is 5.50. The average molecular weight is 268 g/mol. The second-order valence-corrected chi connectivity index (χ2v) is 5.50. The molecule has 0 spiro atoms. The molecule has 0 saturated heterocycles. The maximum Gasteiger partial charge on any atom is 0.128 e. The molecule has 0 amide bonds. The Morgan fingerprint density at radius 1 is 1.26 bits per heavy atom. The van der Waals surface area contributed by atoms with Crippen LogP contribution in [0.2, 0.25) is 0 Å². The molecule has 2 rings (SSSR count). The quantitative estimate of drug-likeness (QED) is 0.645. The Balaban J connectivity index is 2.14. The summed E-state index contributed by atoms with van der Waals surface area (Å²) in [6.45, 7) is 2.20. The molecule has 3 N–H and O–H groups in total. The largest absolute Gasteiger partial charge is 0.271 e. The number of hydrogen-bond acceptors (Lipinski definition) is 2. The van der Waals surface area contributed by atoms with Crippen LogP contribution in [0.5, 0.6) is 0 Å². The minimum atomic E-state index is -0.418. The first-order chi connectivity index (χ1) is 9.15. The molecular weight excluding hydrogens is 246 g/mol. The van der Waals surface area contributed by atoms with E-state index >= 15 is 0 Å². The summed E-state index contributed by atoms with van der Waals surface area (Å²) in [5, 5.41) is 0. The molecular formula is C15H22F2N2. The fourth-order valence-corrected chi connectivity index (χ4v) is 3.16. The lowest BCUT2D eigenvalue weighted by atomic mass is 9.76. The highest BCUT2D eigenvalue weighted by molar-refractivity contribution is 5.23. The highest BCUT2D eigenvalue weighted by Gasteiger charge is 2.29. The van der Waals surface area contributed by atoms with Crippen molar-refractivity contribution in [3.8, 4) is 0 Å². The van der Waals surface area contributed by atoms with Crippen LogP contribution in [0.3, 0.4) is 0 Å². The fourth-order valence-electron chi connectivity index (χ4n) is 3.16. The third kappa shape index (κ3) is 3.31. The average Bonchev–Trinajstić information content (AvgIpc) is 2.44. The third-order valence-corrected chi connectivity index (χ3v) is 4.41. The van der Waals surface area contributed by atoms with Gasteiger partial charge in [-0.1, -0.05) is 26.2 Å². The molecule has 19 heavy (non-hydrogen) atoms. The van der Waals surface area contributed by atoms with E-state index in [4.69, 9.17) is 5.84 Å². The number of hydrazine groups is 1. The van der Waals surface area contributed by atoms with Gasteiger partial charge in [0.1, 0.15) is 11.6 Å². The van der Waals surface area contributed by atoms with Crippen LogP contribution in [-0.4, -0.2) is 0 Å². The number of rotatable bonds is 4. The van der Waals surface area contributed by atoms with Gasteiger partial charge in [-0.2, -0.15) is 0 Å². The molecule has 0 bridgehead atoms. The van der Waals surface area contributed by atoms with Crippen LogP contribution < -0.4 is 11.3 Å². The highest BCUT2D eigenvalue weighted by atomic mass is 19.1. The number of halogens is 2. The number of benzene rings is 1. The van der Waals surface area contributed by atoms with Crippen molar-refractivity contribution in [2.45, 2.75) is 45.1 Å². The van der Waals surface area contributed by atoms with Crippen molar-refractivity contribution in [1.29, 1.82) is 0 Å². The number of hydrogen-bond donors (Lipinski definition) is 2. The lowest BCUT2D eigenvalue weighted by molar-refractivity contribution is 0.216. The van der Waals surface area contributed by atoms with Crippen molar-refractivity contribution >= 4 is 0 Å². The predicted molar refractivity (Wildman–Crippen MR) is 72.2 cm³/mol. The summed E-state index contributed by atoms with van der Waals surface area (Å²) in [6.07, 6.45) is 5.53.